The zero-order valence-corrected chi connectivity index (χ0v) is 18.0. The number of ketones is 1. The zero-order valence-electron chi connectivity index (χ0n) is 17.2. The molecule has 3 rings (SSSR count). The molecule has 1 heterocycles. The number of benzene rings is 2. The first kappa shape index (κ1) is 22.1. The topological polar surface area (TPSA) is 104 Å². The van der Waals surface area contributed by atoms with Crippen LogP contribution in [0.1, 0.15) is 44.9 Å². The van der Waals surface area contributed by atoms with Crippen LogP contribution in [0.4, 0.5) is 0 Å². The molecule has 0 fully saturated rings. The van der Waals surface area contributed by atoms with Crippen LogP contribution in [0.25, 0.3) is 10.2 Å². The summed E-state index contributed by atoms with van der Waals surface area (Å²) in [4.78, 5) is 52.5. The van der Waals surface area contributed by atoms with Crippen molar-refractivity contribution in [3.8, 4) is 0 Å². The average molecular weight is 440 g/mol. The van der Waals surface area contributed by atoms with Gasteiger partial charge in [-0.1, -0.05) is 23.5 Å². The summed E-state index contributed by atoms with van der Waals surface area (Å²) in [6, 6.07) is 11.1. The number of amides is 1. The third kappa shape index (κ3) is 4.95. The number of nitrogens with zero attached hydrogens (tertiary/aromatic N) is 2. The Balaban J connectivity index is 2.08. The average Bonchev–Trinajstić information content (AvgIpc) is 3.09. The van der Waals surface area contributed by atoms with E-state index in [9.17, 15) is 19.2 Å². The number of aromatic nitrogens is 1. The lowest BCUT2D eigenvalue weighted by atomic mass is 10.1. The molecule has 2 aromatic carbocycles. The fourth-order valence-electron chi connectivity index (χ4n) is 2.85. The van der Waals surface area contributed by atoms with Crippen molar-refractivity contribution < 1.29 is 28.7 Å². The number of fused-ring (bicyclic) bond motifs is 1. The molecule has 0 bridgehead atoms. The monoisotopic (exact) mass is 440 g/mol. The molecule has 0 aliphatic carbocycles. The van der Waals surface area contributed by atoms with Crippen molar-refractivity contribution in [1.82, 2.24) is 4.57 Å². The van der Waals surface area contributed by atoms with Crippen LogP contribution < -0.4 is 4.80 Å². The van der Waals surface area contributed by atoms with Gasteiger partial charge in [-0.25, -0.2) is 4.79 Å². The van der Waals surface area contributed by atoms with Crippen LogP contribution in [-0.4, -0.2) is 41.9 Å². The maximum absolute atomic E-state index is 12.7. The number of carbonyl (C=O) groups excluding carboxylic acids is 4. The van der Waals surface area contributed by atoms with Gasteiger partial charge in [0, 0.05) is 11.1 Å². The van der Waals surface area contributed by atoms with Crippen molar-refractivity contribution in [3.05, 3.63) is 64.0 Å². The van der Waals surface area contributed by atoms with E-state index in [1.807, 2.05) is 0 Å². The Bertz CT molecular complexity index is 1240. The first-order valence-electron chi connectivity index (χ1n) is 9.41. The Morgan fingerprint density at radius 2 is 1.65 bits per heavy atom. The van der Waals surface area contributed by atoms with Crippen LogP contribution >= 0.6 is 11.3 Å². The quantitative estimate of drug-likeness (QED) is 0.431. The molecule has 1 amide bonds. The van der Waals surface area contributed by atoms with Crippen molar-refractivity contribution >= 4 is 45.2 Å². The maximum atomic E-state index is 12.7. The van der Waals surface area contributed by atoms with Crippen LogP contribution in [0.5, 0.6) is 0 Å². The maximum Gasteiger partial charge on any atom is 0.338 e. The number of rotatable bonds is 6. The second kappa shape index (κ2) is 9.48. The molecule has 0 saturated heterocycles. The summed E-state index contributed by atoms with van der Waals surface area (Å²) >= 11 is 1.16. The van der Waals surface area contributed by atoms with Gasteiger partial charge >= 0.3 is 11.9 Å². The zero-order chi connectivity index (χ0) is 22.5. The smallest absolute Gasteiger partial charge is 0.338 e. The Labute approximate surface area is 181 Å². The molecule has 0 atom stereocenters. The lowest BCUT2D eigenvalue weighted by Crippen LogP contribution is -2.22. The number of esters is 2. The highest BCUT2D eigenvalue weighted by molar-refractivity contribution is 7.16. The molecule has 0 N–H and O–H groups in total. The first-order chi connectivity index (χ1) is 14.8. The van der Waals surface area contributed by atoms with Gasteiger partial charge in [0.15, 0.2) is 10.6 Å². The fraction of sp³-hybridized carbons (Fsp3) is 0.227. The van der Waals surface area contributed by atoms with Crippen LogP contribution in [0, 0.1) is 0 Å². The summed E-state index contributed by atoms with van der Waals surface area (Å²) < 4.78 is 12.0. The van der Waals surface area contributed by atoms with Gasteiger partial charge in [0.05, 0.1) is 29.5 Å². The van der Waals surface area contributed by atoms with Crippen molar-refractivity contribution in [2.24, 2.45) is 4.99 Å². The van der Waals surface area contributed by atoms with E-state index < -0.39 is 17.8 Å². The third-order valence-electron chi connectivity index (χ3n) is 4.44. The van der Waals surface area contributed by atoms with Gasteiger partial charge in [0.1, 0.15) is 6.54 Å². The molecular formula is C22H20N2O6S. The highest BCUT2D eigenvalue weighted by atomic mass is 32.1. The highest BCUT2D eigenvalue weighted by Gasteiger charge is 2.15. The van der Waals surface area contributed by atoms with Gasteiger partial charge in [-0.05, 0) is 44.2 Å². The minimum atomic E-state index is -0.522. The van der Waals surface area contributed by atoms with E-state index in [0.29, 0.717) is 26.9 Å². The summed E-state index contributed by atoms with van der Waals surface area (Å²) in [5.74, 6) is -1.59. The van der Waals surface area contributed by atoms with E-state index in [2.05, 4.69) is 4.99 Å². The number of methoxy groups -OCH3 is 1. The van der Waals surface area contributed by atoms with Gasteiger partial charge in [0.25, 0.3) is 5.91 Å². The Morgan fingerprint density at radius 1 is 1.00 bits per heavy atom. The molecule has 9 heteroatoms. The number of hydrogen-bond donors (Lipinski definition) is 0. The number of carbonyl (C=O) groups is 4. The van der Waals surface area contributed by atoms with Gasteiger partial charge in [-0.3, -0.25) is 14.4 Å². The Kier molecular flexibility index (Phi) is 6.76. The summed E-state index contributed by atoms with van der Waals surface area (Å²) in [5, 5.41) is 0. The van der Waals surface area contributed by atoms with E-state index in [4.69, 9.17) is 9.47 Å². The molecule has 0 aliphatic rings. The van der Waals surface area contributed by atoms with Crippen LogP contribution in [0.3, 0.4) is 0 Å². The first-order valence-corrected chi connectivity index (χ1v) is 10.2. The molecule has 1 aromatic heterocycles. The fourth-order valence-corrected chi connectivity index (χ4v) is 3.91. The van der Waals surface area contributed by atoms with Gasteiger partial charge in [-0.2, -0.15) is 4.99 Å². The van der Waals surface area contributed by atoms with Crippen LogP contribution in [0.15, 0.2) is 47.5 Å². The van der Waals surface area contributed by atoms with Crippen LogP contribution in [-0.2, 0) is 20.8 Å². The lowest BCUT2D eigenvalue weighted by Gasteiger charge is -2.05. The standard InChI is InChI=1S/C22H20N2O6S/c1-4-30-21(28)16-9-10-17-18(11-16)31-22(24(17)12-19(26)29-3)23-20(27)15-7-5-14(6-8-15)13(2)25/h5-11H,4,12H2,1-3H3. The molecule has 0 spiro atoms. The van der Waals surface area contributed by atoms with Gasteiger partial charge < -0.3 is 14.0 Å². The second-order valence-electron chi connectivity index (χ2n) is 6.50. The van der Waals surface area contributed by atoms with E-state index in [1.165, 1.54) is 26.2 Å². The van der Waals surface area contributed by atoms with Crippen LogP contribution in [0.2, 0.25) is 0 Å². The molecule has 8 nitrogen and oxygen atoms in total. The lowest BCUT2D eigenvalue weighted by molar-refractivity contribution is -0.141. The third-order valence-corrected chi connectivity index (χ3v) is 5.49. The summed E-state index contributed by atoms with van der Waals surface area (Å²) in [5.41, 5.74) is 1.78. The second-order valence-corrected chi connectivity index (χ2v) is 7.51. The van der Waals surface area contributed by atoms with Gasteiger partial charge in [0.2, 0.25) is 0 Å². The molecule has 31 heavy (non-hydrogen) atoms. The van der Waals surface area contributed by atoms with Crippen molar-refractivity contribution in [3.63, 3.8) is 0 Å². The predicted molar refractivity (Wildman–Crippen MR) is 114 cm³/mol. The highest BCUT2D eigenvalue weighted by Crippen LogP contribution is 2.20. The number of hydrogen-bond acceptors (Lipinski definition) is 7. The molecular weight excluding hydrogens is 420 g/mol. The molecule has 0 radical (unpaired) electrons. The molecule has 0 aliphatic heterocycles. The molecule has 160 valence electrons. The van der Waals surface area contributed by atoms with E-state index in [-0.39, 0.29) is 23.7 Å². The summed E-state index contributed by atoms with van der Waals surface area (Å²) in [7, 11) is 1.27. The van der Waals surface area contributed by atoms with E-state index in [1.54, 1.807) is 41.8 Å². The van der Waals surface area contributed by atoms with Gasteiger partial charge in [-0.15, -0.1) is 0 Å². The number of ether oxygens (including phenoxy) is 2. The van der Waals surface area contributed by atoms with E-state index >= 15 is 0 Å². The van der Waals surface area contributed by atoms with E-state index in [0.717, 1.165) is 11.3 Å². The molecule has 0 saturated carbocycles. The molecule has 0 unspecified atom stereocenters. The van der Waals surface area contributed by atoms with Crippen molar-refractivity contribution in [1.29, 1.82) is 0 Å². The largest absolute Gasteiger partial charge is 0.468 e. The minimum absolute atomic E-state index is 0.103. The number of Topliss-reactive ketones (excluding diaryl/α,β-unsaturated/α-hetero) is 1. The molecule has 3 aromatic rings. The Morgan fingerprint density at radius 3 is 2.26 bits per heavy atom. The SMILES string of the molecule is CCOC(=O)c1ccc2c(c1)sc(=NC(=O)c1ccc(C(C)=O)cc1)n2CC(=O)OC. The van der Waals surface area contributed by atoms with Crippen molar-refractivity contribution in [2.45, 2.75) is 20.4 Å². The Hall–Kier alpha value is -3.59. The predicted octanol–water partition coefficient (Wildman–Crippen LogP) is 3.00. The normalized spacial score (nSPS) is 11.4. The summed E-state index contributed by atoms with van der Waals surface area (Å²) in [6.07, 6.45) is 0. The summed E-state index contributed by atoms with van der Waals surface area (Å²) in [6.45, 7) is 3.27. The number of thiazole rings is 1. The minimum Gasteiger partial charge on any atom is -0.468 e. The van der Waals surface area contributed by atoms with Crippen molar-refractivity contribution in [2.75, 3.05) is 13.7 Å².